The lowest BCUT2D eigenvalue weighted by molar-refractivity contribution is -0.123. The molecule has 8 heteroatoms. The number of amides is 2. The molecule has 4 aromatic carbocycles. The van der Waals surface area contributed by atoms with Gasteiger partial charge in [-0.1, -0.05) is 70.5 Å². The molecule has 2 amide bonds. The molecular formula is C28H17Br2NO4S. The van der Waals surface area contributed by atoms with Crippen LogP contribution in [0.3, 0.4) is 0 Å². The summed E-state index contributed by atoms with van der Waals surface area (Å²) in [6, 6.07) is 25.7. The molecule has 36 heavy (non-hydrogen) atoms. The van der Waals surface area contributed by atoms with E-state index in [1.807, 2.05) is 60.7 Å². The van der Waals surface area contributed by atoms with Crippen molar-refractivity contribution in [2.45, 2.75) is 6.54 Å². The third-order valence-corrected chi connectivity index (χ3v) is 7.65. The molecule has 5 rings (SSSR count). The summed E-state index contributed by atoms with van der Waals surface area (Å²) in [5.74, 6) is -0.446. The number of nitrogens with zero attached hydrogens (tertiary/aromatic N) is 1. The van der Waals surface area contributed by atoms with Crippen LogP contribution >= 0.6 is 43.6 Å². The molecule has 1 aliphatic heterocycles. The zero-order valence-corrected chi connectivity index (χ0v) is 22.6. The Kier molecular flexibility index (Phi) is 7.09. The number of benzene rings is 4. The smallest absolute Gasteiger partial charge is 0.344 e. The highest BCUT2D eigenvalue weighted by Crippen LogP contribution is 2.35. The van der Waals surface area contributed by atoms with Crippen LogP contribution in [0.1, 0.15) is 21.5 Å². The molecule has 178 valence electrons. The van der Waals surface area contributed by atoms with E-state index < -0.39 is 5.97 Å². The van der Waals surface area contributed by atoms with Crippen LogP contribution in [0.15, 0.2) is 98.8 Å². The van der Waals surface area contributed by atoms with Crippen molar-refractivity contribution in [3.63, 3.8) is 0 Å². The molecule has 4 aromatic rings. The first-order chi connectivity index (χ1) is 17.4. The summed E-state index contributed by atoms with van der Waals surface area (Å²) in [7, 11) is 0. The third-order valence-electron chi connectivity index (χ3n) is 5.59. The van der Waals surface area contributed by atoms with E-state index in [1.54, 1.807) is 30.3 Å². The SMILES string of the molecule is O=C(Oc1ccc(/C=C2\SC(=O)N(Cc3ccc(Br)cc3)C2=O)cc1Br)c1cccc2ccccc12. The summed E-state index contributed by atoms with van der Waals surface area (Å²) < 4.78 is 7.13. The van der Waals surface area contributed by atoms with Gasteiger partial charge in [-0.3, -0.25) is 14.5 Å². The molecule has 0 aromatic heterocycles. The number of carbonyl (C=O) groups is 3. The Hall–Kier alpha value is -3.20. The zero-order chi connectivity index (χ0) is 25.2. The minimum Gasteiger partial charge on any atom is -0.422 e. The number of hydrogen-bond donors (Lipinski definition) is 0. The number of thioether (sulfide) groups is 1. The molecule has 1 heterocycles. The second-order valence-corrected chi connectivity index (χ2v) is 10.8. The lowest BCUT2D eigenvalue weighted by Crippen LogP contribution is -2.27. The average molecular weight is 623 g/mol. The fourth-order valence-corrected chi connectivity index (χ4v) is 5.39. The summed E-state index contributed by atoms with van der Waals surface area (Å²) in [6.07, 6.45) is 1.66. The topological polar surface area (TPSA) is 63.7 Å². The van der Waals surface area contributed by atoms with Gasteiger partial charge in [0, 0.05) is 4.47 Å². The number of rotatable bonds is 5. The van der Waals surface area contributed by atoms with Crippen molar-refractivity contribution in [1.29, 1.82) is 0 Å². The number of carbonyl (C=O) groups excluding carboxylic acids is 3. The Labute approximate surface area is 228 Å². The molecule has 1 fully saturated rings. The van der Waals surface area contributed by atoms with Crippen molar-refractivity contribution in [1.82, 2.24) is 4.90 Å². The number of esters is 1. The van der Waals surface area contributed by atoms with Crippen molar-refractivity contribution in [3.05, 3.63) is 115 Å². The first-order valence-electron chi connectivity index (χ1n) is 10.9. The van der Waals surface area contributed by atoms with E-state index in [1.165, 1.54) is 4.90 Å². The maximum atomic E-state index is 12.9. The van der Waals surface area contributed by atoms with Crippen LogP contribution in [-0.4, -0.2) is 22.0 Å². The summed E-state index contributed by atoms with van der Waals surface area (Å²) in [4.78, 5) is 39.8. The van der Waals surface area contributed by atoms with Crippen molar-refractivity contribution in [3.8, 4) is 5.75 Å². The van der Waals surface area contributed by atoms with Crippen LogP contribution in [0.25, 0.3) is 16.8 Å². The van der Waals surface area contributed by atoms with Crippen molar-refractivity contribution < 1.29 is 19.1 Å². The van der Waals surface area contributed by atoms with Crippen LogP contribution in [0.2, 0.25) is 0 Å². The highest BCUT2D eigenvalue weighted by molar-refractivity contribution is 9.10. The number of hydrogen-bond acceptors (Lipinski definition) is 5. The van der Waals surface area contributed by atoms with Gasteiger partial charge in [0.2, 0.25) is 0 Å². The van der Waals surface area contributed by atoms with E-state index in [4.69, 9.17) is 4.74 Å². The lowest BCUT2D eigenvalue weighted by atomic mass is 10.0. The molecule has 1 saturated heterocycles. The fourth-order valence-electron chi connectivity index (χ4n) is 3.81. The number of fused-ring (bicyclic) bond motifs is 1. The molecule has 0 atom stereocenters. The van der Waals surface area contributed by atoms with E-state index in [0.717, 1.165) is 32.6 Å². The molecule has 0 unspecified atom stereocenters. The van der Waals surface area contributed by atoms with Gasteiger partial charge in [-0.15, -0.1) is 0 Å². The average Bonchev–Trinajstić information content (AvgIpc) is 3.13. The second kappa shape index (κ2) is 10.4. The maximum absolute atomic E-state index is 12.9. The highest BCUT2D eigenvalue weighted by Gasteiger charge is 2.35. The van der Waals surface area contributed by atoms with Crippen molar-refractivity contribution in [2.75, 3.05) is 0 Å². The van der Waals surface area contributed by atoms with Crippen LogP contribution < -0.4 is 4.74 Å². The van der Waals surface area contributed by atoms with Gasteiger partial charge in [0.1, 0.15) is 5.75 Å². The van der Waals surface area contributed by atoms with Gasteiger partial charge in [-0.2, -0.15) is 0 Å². The number of ether oxygens (including phenoxy) is 1. The molecule has 5 nitrogen and oxygen atoms in total. The number of imide groups is 1. The first-order valence-corrected chi connectivity index (χ1v) is 13.3. The van der Waals surface area contributed by atoms with Gasteiger partial charge in [-0.25, -0.2) is 4.79 Å². The Morgan fingerprint density at radius 1 is 0.917 bits per heavy atom. The van der Waals surface area contributed by atoms with Crippen molar-refractivity contribution >= 4 is 77.6 Å². The molecule has 0 saturated carbocycles. The minimum absolute atomic E-state index is 0.210. The quantitative estimate of drug-likeness (QED) is 0.129. The van der Waals surface area contributed by atoms with E-state index in [-0.39, 0.29) is 17.7 Å². The lowest BCUT2D eigenvalue weighted by Gasteiger charge is -2.12. The Bertz CT molecular complexity index is 1540. The van der Waals surface area contributed by atoms with Gasteiger partial charge in [0.05, 0.1) is 21.5 Å². The summed E-state index contributed by atoms with van der Waals surface area (Å²) in [6.45, 7) is 0.210. The third kappa shape index (κ3) is 5.16. The Morgan fingerprint density at radius 2 is 1.67 bits per heavy atom. The zero-order valence-electron chi connectivity index (χ0n) is 18.6. The van der Waals surface area contributed by atoms with E-state index in [0.29, 0.717) is 26.3 Å². The summed E-state index contributed by atoms with van der Waals surface area (Å²) in [5, 5.41) is 1.46. The van der Waals surface area contributed by atoms with Gasteiger partial charge in [0.15, 0.2) is 0 Å². The van der Waals surface area contributed by atoms with Crippen LogP contribution in [0.5, 0.6) is 5.75 Å². The van der Waals surface area contributed by atoms with E-state index in [2.05, 4.69) is 31.9 Å². The molecule has 0 radical (unpaired) electrons. The molecular weight excluding hydrogens is 606 g/mol. The Morgan fingerprint density at radius 3 is 2.44 bits per heavy atom. The highest BCUT2D eigenvalue weighted by atomic mass is 79.9. The van der Waals surface area contributed by atoms with Gasteiger partial charge >= 0.3 is 5.97 Å². The number of halogens is 2. The maximum Gasteiger partial charge on any atom is 0.344 e. The van der Waals surface area contributed by atoms with Gasteiger partial charge in [-0.05, 0) is 86.0 Å². The molecule has 1 aliphatic rings. The van der Waals surface area contributed by atoms with Gasteiger partial charge < -0.3 is 4.74 Å². The molecule has 0 bridgehead atoms. The predicted molar refractivity (Wildman–Crippen MR) is 149 cm³/mol. The monoisotopic (exact) mass is 621 g/mol. The first kappa shape index (κ1) is 24.5. The van der Waals surface area contributed by atoms with Crippen LogP contribution in [0.4, 0.5) is 4.79 Å². The fraction of sp³-hybridized carbons (Fsp3) is 0.0357. The molecule has 0 N–H and O–H groups in total. The molecule has 0 aliphatic carbocycles. The van der Waals surface area contributed by atoms with E-state index >= 15 is 0 Å². The second-order valence-electron chi connectivity index (χ2n) is 8.00. The van der Waals surface area contributed by atoms with Gasteiger partial charge in [0.25, 0.3) is 11.1 Å². The largest absolute Gasteiger partial charge is 0.422 e. The minimum atomic E-state index is -0.464. The van der Waals surface area contributed by atoms with E-state index in [9.17, 15) is 14.4 Å². The van der Waals surface area contributed by atoms with Crippen LogP contribution in [0, 0.1) is 0 Å². The molecule has 0 spiro atoms. The van der Waals surface area contributed by atoms with Crippen LogP contribution in [-0.2, 0) is 11.3 Å². The Balaban J connectivity index is 1.32. The normalized spacial score (nSPS) is 14.6. The predicted octanol–water partition coefficient (Wildman–Crippen LogP) is 7.82. The van der Waals surface area contributed by atoms with Crippen molar-refractivity contribution in [2.24, 2.45) is 0 Å². The standard InChI is InChI=1S/C28H17Br2NO4S/c29-20-11-8-17(9-12-20)16-31-26(32)25(36-28(31)34)15-18-10-13-24(23(30)14-18)35-27(33)22-7-3-5-19-4-1-2-6-21(19)22/h1-15H,16H2/b25-15-. The summed E-state index contributed by atoms with van der Waals surface area (Å²) >= 11 is 7.75. The summed E-state index contributed by atoms with van der Waals surface area (Å²) in [5.41, 5.74) is 2.03.